The van der Waals surface area contributed by atoms with Crippen molar-refractivity contribution in [2.75, 3.05) is 13.1 Å². The number of piperidine rings is 1. The first-order valence-electron chi connectivity index (χ1n) is 14.0. The van der Waals surface area contributed by atoms with Gasteiger partial charge in [0.25, 0.3) is 0 Å². The molecule has 2 N–H and O–H groups in total. The fraction of sp³-hybridized carbons (Fsp3) is 0.375. The number of carboxylic acid groups (broad SMARTS) is 1. The quantitative estimate of drug-likeness (QED) is 0.253. The van der Waals surface area contributed by atoms with Gasteiger partial charge in [-0.15, -0.1) is 0 Å². The van der Waals surface area contributed by atoms with E-state index in [1.807, 2.05) is 41.0 Å². The normalized spacial score (nSPS) is 17.6. The van der Waals surface area contributed by atoms with Crippen LogP contribution < -0.4 is 5.69 Å². The summed E-state index contributed by atoms with van der Waals surface area (Å²) in [5, 5.41) is 9.89. The van der Waals surface area contributed by atoms with E-state index in [-0.39, 0.29) is 11.7 Å². The van der Waals surface area contributed by atoms with Crippen LogP contribution in [0, 0.1) is 5.92 Å². The highest BCUT2D eigenvalue weighted by Crippen LogP contribution is 2.29. The zero-order valence-electron chi connectivity index (χ0n) is 22.4. The summed E-state index contributed by atoms with van der Waals surface area (Å²) < 4.78 is 1.82. The molecule has 5 rings (SSSR count). The van der Waals surface area contributed by atoms with Gasteiger partial charge in [0.2, 0.25) is 0 Å². The number of hydrogen-bond donors (Lipinski definition) is 2. The molecule has 1 aliphatic heterocycles. The van der Waals surface area contributed by atoms with Gasteiger partial charge in [-0.1, -0.05) is 72.8 Å². The fourth-order valence-corrected chi connectivity index (χ4v) is 6.01. The number of aryl methyl sites for hydroxylation is 1. The highest BCUT2D eigenvalue weighted by atomic mass is 16.4. The summed E-state index contributed by atoms with van der Waals surface area (Å²) in [5.41, 5.74) is 4.28. The van der Waals surface area contributed by atoms with Gasteiger partial charge in [0.15, 0.2) is 0 Å². The van der Waals surface area contributed by atoms with Gasteiger partial charge in [-0.3, -0.25) is 9.47 Å². The lowest BCUT2D eigenvalue weighted by Gasteiger charge is -2.38. The monoisotopic (exact) mass is 526 g/mol. The molecule has 4 aromatic rings. The Morgan fingerprint density at radius 1 is 0.897 bits per heavy atom. The molecule has 204 valence electrons. The molecule has 7 heteroatoms. The third kappa shape index (κ3) is 6.98. The molecule has 0 bridgehead atoms. The van der Waals surface area contributed by atoms with Gasteiger partial charge in [0.05, 0.1) is 11.0 Å². The second-order valence-electron chi connectivity index (χ2n) is 10.7. The molecule has 2 atom stereocenters. The van der Waals surface area contributed by atoms with Crippen LogP contribution in [-0.4, -0.2) is 49.7 Å². The van der Waals surface area contributed by atoms with Crippen molar-refractivity contribution in [3.63, 3.8) is 0 Å². The van der Waals surface area contributed by atoms with Gasteiger partial charge in [-0.25, -0.2) is 9.59 Å². The third-order valence-electron chi connectivity index (χ3n) is 8.02. The summed E-state index contributed by atoms with van der Waals surface area (Å²) >= 11 is 0. The average molecular weight is 527 g/mol. The number of hydrogen-bond acceptors (Lipinski definition) is 3. The molecule has 7 nitrogen and oxygen atoms in total. The van der Waals surface area contributed by atoms with Gasteiger partial charge in [-0.05, 0) is 67.8 Å². The van der Waals surface area contributed by atoms with Crippen molar-refractivity contribution >= 4 is 17.1 Å². The predicted molar refractivity (Wildman–Crippen MR) is 155 cm³/mol. The minimum atomic E-state index is -0.822. The maximum Gasteiger partial charge on any atom is 0.407 e. The Bertz CT molecular complexity index is 1360. The standard InChI is InChI=1S/C32H38N4O3/c37-31-33-29-15-7-8-16-30(29)36(31)21-18-25-17-20-35(32(38)39)28(22-25)14-9-19-34(23-26-10-3-1-4-11-26)24-27-12-5-2-6-13-27/h1-8,10-13,15-16,25,28H,9,14,17-24H2,(H,33,37)(H,38,39)/t25?,28-/m0/s1. The van der Waals surface area contributed by atoms with Crippen molar-refractivity contribution in [3.05, 3.63) is 107 Å². The molecular formula is C32H38N4O3. The van der Waals surface area contributed by atoms with E-state index < -0.39 is 6.09 Å². The van der Waals surface area contributed by atoms with Crippen molar-refractivity contribution < 1.29 is 9.90 Å². The molecule has 2 heterocycles. The molecule has 0 radical (unpaired) electrons. The molecule has 0 aliphatic carbocycles. The lowest BCUT2D eigenvalue weighted by molar-refractivity contribution is 0.0807. The van der Waals surface area contributed by atoms with Gasteiger partial charge in [-0.2, -0.15) is 0 Å². The first-order valence-corrected chi connectivity index (χ1v) is 14.0. The van der Waals surface area contributed by atoms with Gasteiger partial charge in [0.1, 0.15) is 0 Å². The van der Waals surface area contributed by atoms with Crippen molar-refractivity contribution in [2.24, 2.45) is 5.92 Å². The van der Waals surface area contributed by atoms with E-state index in [9.17, 15) is 14.7 Å². The summed E-state index contributed by atoms with van der Waals surface area (Å²) in [4.78, 5) is 31.6. The van der Waals surface area contributed by atoms with Crippen molar-refractivity contribution in [2.45, 2.75) is 57.8 Å². The molecule has 1 amide bonds. The number of para-hydroxylation sites is 2. The SMILES string of the molecule is O=C(O)N1CCC(CCn2c(=O)[nH]c3ccccc32)C[C@@H]1CCCN(Cc1ccccc1)Cc1ccccc1. The number of likely N-dealkylation sites (tertiary alicyclic amines) is 1. The Labute approximate surface area is 229 Å². The van der Waals surface area contributed by atoms with Crippen LogP contribution in [0.25, 0.3) is 11.0 Å². The number of nitrogens with one attached hydrogen (secondary N) is 1. The largest absolute Gasteiger partial charge is 0.465 e. The topological polar surface area (TPSA) is 81.6 Å². The Morgan fingerprint density at radius 3 is 2.21 bits per heavy atom. The van der Waals surface area contributed by atoms with Crippen LogP contribution in [0.5, 0.6) is 0 Å². The Hall–Kier alpha value is -3.84. The van der Waals surface area contributed by atoms with Crippen molar-refractivity contribution in [1.29, 1.82) is 0 Å². The van der Waals surface area contributed by atoms with E-state index in [0.717, 1.165) is 62.8 Å². The number of carbonyl (C=O) groups is 1. The second kappa shape index (κ2) is 12.8. The lowest BCUT2D eigenvalue weighted by Crippen LogP contribution is -2.46. The summed E-state index contributed by atoms with van der Waals surface area (Å²) in [6.45, 7) is 3.85. The maximum absolute atomic E-state index is 12.5. The van der Waals surface area contributed by atoms with Gasteiger partial charge >= 0.3 is 11.8 Å². The van der Waals surface area contributed by atoms with Crippen LogP contribution in [-0.2, 0) is 19.6 Å². The number of H-pyrrole nitrogens is 1. The van der Waals surface area contributed by atoms with Crippen LogP contribution in [0.4, 0.5) is 4.79 Å². The summed E-state index contributed by atoms with van der Waals surface area (Å²) in [6.07, 6.45) is 3.52. The Balaban J connectivity index is 1.20. The van der Waals surface area contributed by atoms with E-state index in [1.54, 1.807) is 4.90 Å². The maximum atomic E-state index is 12.5. The first kappa shape index (κ1) is 26.8. The zero-order chi connectivity index (χ0) is 27.0. The summed E-state index contributed by atoms with van der Waals surface area (Å²) in [5.74, 6) is 0.399. The molecule has 3 aromatic carbocycles. The summed E-state index contributed by atoms with van der Waals surface area (Å²) in [7, 11) is 0. The minimum absolute atomic E-state index is 0.0104. The lowest BCUT2D eigenvalue weighted by atomic mass is 9.86. The van der Waals surface area contributed by atoms with Crippen molar-refractivity contribution in [3.8, 4) is 0 Å². The van der Waals surface area contributed by atoms with E-state index in [4.69, 9.17) is 0 Å². The third-order valence-corrected chi connectivity index (χ3v) is 8.02. The Morgan fingerprint density at radius 2 is 1.54 bits per heavy atom. The first-order chi connectivity index (χ1) is 19.1. The van der Waals surface area contributed by atoms with Gasteiger partial charge in [0, 0.05) is 32.2 Å². The number of imidazole rings is 1. The number of fused-ring (bicyclic) bond motifs is 1. The van der Waals surface area contributed by atoms with Crippen LogP contribution in [0.2, 0.25) is 0 Å². The van der Waals surface area contributed by atoms with Crippen molar-refractivity contribution in [1.82, 2.24) is 19.4 Å². The molecule has 0 spiro atoms. The van der Waals surface area contributed by atoms with Crippen LogP contribution >= 0.6 is 0 Å². The molecule has 39 heavy (non-hydrogen) atoms. The zero-order valence-corrected chi connectivity index (χ0v) is 22.4. The minimum Gasteiger partial charge on any atom is -0.465 e. The van der Waals surface area contributed by atoms with E-state index in [2.05, 4.69) is 58.4 Å². The predicted octanol–water partition coefficient (Wildman–Crippen LogP) is 5.96. The van der Waals surface area contributed by atoms with Crippen LogP contribution in [0.1, 0.15) is 43.2 Å². The molecule has 1 saturated heterocycles. The number of aromatic nitrogens is 2. The number of nitrogens with zero attached hydrogens (tertiary/aromatic N) is 3. The van der Waals surface area contributed by atoms with E-state index >= 15 is 0 Å². The number of aromatic amines is 1. The van der Waals surface area contributed by atoms with E-state index in [1.165, 1.54) is 11.1 Å². The van der Waals surface area contributed by atoms with Crippen LogP contribution in [0.3, 0.4) is 0 Å². The molecular weight excluding hydrogens is 488 g/mol. The molecule has 1 aromatic heterocycles. The summed E-state index contributed by atoms with van der Waals surface area (Å²) in [6, 6.07) is 28.8. The fourth-order valence-electron chi connectivity index (χ4n) is 6.01. The second-order valence-corrected chi connectivity index (χ2v) is 10.7. The Kier molecular flexibility index (Phi) is 8.78. The molecule has 1 aliphatic rings. The van der Waals surface area contributed by atoms with Gasteiger partial charge < -0.3 is 15.0 Å². The number of amides is 1. The smallest absolute Gasteiger partial charge is 0.407 e. The highest BCUT2D eigenvalue weighted by molar-refractivity contribution is 5.74. The number of rotatable bonds is 11. The molecule has 0 saturated carbocycles. The molecule has 1 fully saturated rings. The average Bonchev–Trinajstić information content (AvgIpc) is 3.27. The highest BCUT2D eigenvalue weighted by Gasteiger charge is 2.31. The van der Waals surface area contributed by atoms with E-state index in [0.29, 0.717) is 19.0 Å². The molecule has 1 unspecified atom stereocenters. The number of benzene rings is 3. The van der Waals surface area contributed by atoms with Crippen LogP contribution in [0.15, 0.2) is 89.7 Å².